The summed E-state index contributed by atoms with van der Waals surface area (Å²) in [6.45, 7) is 9.72. The number of rotatable bonds is 10. The van der Waals surface area contributed by atoms with Crippen molar-refractivity contribution >= 4 is 11.3 Å². The van der Waals surface area contributed by atoms with Crippen molar-refractivity contribution in [3.63, 3.8) is 0 Å². The van der Waals surface area contributed by atoms with Gasteiger partial charge in [-0.1, -0.05) is 30.0 Å². The standard InChI is InChI=1S/C23H29NO2S/c1-23(2,3)11-5-4-6-12-24-13-14-25-15-16-26-22-9-7-8-20(18-22)21-10-17-27-19-21/h4,6-10,17-19,24H,12-16H2,1-3H3/b6-4+. The van der Waals surface area contributed by atoms with Crippen molar-refractivity contribution in [2.45, 2.75) is 20.8 Å². The summed E-state index contributed by atoms with van der Waals surface area (Å²) in [5, 5.41) is 7.52. The molecule has 144 valence electrons. The van der Waals surface area contributed by atoms with Crippen LogP contribution >= 0.6 is 11.3 Å². The smallest absolute Gasteiger partial charge is 0.120 e. The van der Waals surface area contributed by atoms with Crippen LogP contribution in [0.15, 0.2) is 53.2 Å². The van der Waals surface area contributed by atoms with Gasteiger partial charge in [-0.2, -0.15) is 11.3 Å². The van der Waals surface area contributed by atoms with Gasteiger partial charge in [0.25, 0.3) is 0 Å². The second-order valence-electron chi connectivity index (χ2n) is 7.13. The van der Waals surface area contributed by atoms with Gasteiger partial charge in [0, 0.05) is 18.5 Å². The molecule has 1 aromatic heterocycles. The lowest BCUT2D eigenvalue weighted by Gasteiger charge is -2.08. The monoisotopic (exact) mass is 383 g/mol. The topological polar surface area (TPSA) is 30.5 Å². The van der Waals surface area contributed by atoms with Crippen LogP contribution in [0.2, 0.25) is 0 Å². The van der Waals surface area contributed by atoms with E-state index in [1.54, 1.807) is 11.3 Å². The Bertz CT molecular complexity index is 749. The first-order chi connectivity index (χ1) is 13.0. The molecule has 3 nitrogen and oxygen atoms in total. The lowest BCUT2D eigenvalue weighted by atomic mass is 9.98. The van der Waals surface area contributed by atoms with Gasteiger partial charge < -0.3 is 14.8 Å². The number of hydrogen-bond acceptors (Lipinski definition) is 4. The van der Waals surface area contributed by atoms with Crippen LogP contribution in [-0.4, -0.2) is 32.9 Å². The second kappa shape index (κ2) is 11.6. The van der Waals surface area contributed by atoms with Gasteiger partial charge in [0.1, 0.15) is 12.4 Å². The maximum absolute atomic E-state index is 5.78. The molecule has 2 rings (SSSR count). The van der Waals surface area contributed by atoms with E-state index in [0.717, 1.165) is 18.8 Å². The van der Waals surface area contributed by atoms with E-state index in [1.807, 2.05) is 24.3 Å². The largest absolute Gasteiger partial charge is 0.491 e. The molecule has 0 saturated carbocycles. The molecule has 0 unspecified atom stereocenters. The van der Waals surface area contributed by atoms with Gasteiger partial charge in [-0.05, 0) is 66.9 Å². The molecule has 1 aromatic carbocycles. The Morgan fingerprint density at radius 2 is 2.00 bits per heavy atom. The molecule has 0 aliphatic rings. The zero-order valence-corrected chi connectivity index (χ0v) is 17.3. The molecule has 0 bridgehead atoms. The molecule has 0 aliphatic heterocycles. The molecular weight excluding hydrogens is 354 g/mol. The lowest BCUT2D eigenvalue weighted by molar-refractivity contribution is 0.102. The van der Waals surface area contributed by atoms with Crippen molar-refractivity contribution in [1.82, 2.24) is 5.32 Å². The van der Waals surface area contributed by atoms with E-state index >= 15 is 0 Å². The average molecular weight is 384 g/mol. The fourth-order valence-electron chi connectivity index (χ4n) is 2.22. The Kier molecular flexibility index (Phi) is 9.13. The van der Waals surface area contributed by atoms with E-state index in [4.69, 9.17) is 9.47 Å². The quantitative estimate of drug-likeness (QED) is 0.462. The number of nitrogens with one attached hydrogen (secondary N) is 1. The van der Waals surface area contributed by atoms with Crippen molar-refractivity contribution in [3.8, 4) is 28.7 Å². The van der Waals surface area contributed by atoms with Crippen LogP contribution in [0.3, 0.4) is 0 Å². The van der Waals surface area contributed by atoms with Crippen LogP contribution in [0.4, 0.5) is 0 Å². The minimum atomic E-state index is 0.0545. The van der Waals surface area contributed by atoms with E-state index in [-0.39, 0.29) is 5.41 Å². The Hall–Kier alpha value is -2.06. The lowest BCUT2D eigenvalue weighted by Crippen LogP contribution is -2.20. The zero-order chi connectivity index (χ0) is 19.4. The molecule has 1 heterocycles. The molecule has 0 amide bonds. The summed E-state index contributed by atoms with van der Waals surface area (Å²) in [4.78, 5) is 0. The number of allylic oxidation sites excluding steroid dienone is 1. The molecule has 0 fully saturated rings. The first kappa shape index (κ1) is 21.2. The predicted octanol–water partition coefficient (Wildman–Crippen LogP) is 5.01. The minimum absolute atomic E-state index is 0.0545. The van der Waals surface area contributed by atoms with E-state index in [0.29, 0.717) is 19.8 Å². The second-order valence-corrected chi connectivity index (χ2v) is 7.91. The molecule has 0 saturated heterocycles. The van der Waals surface area contributed by atoms with Crippen LogP contribution in [-0.2, 0) is 4.74 Å². The highest BCUT2D eigenvalue weighted by molar-refractivity contribution is 7.08. The Morgan fingerprint density at radius 3 is 2.78 bits per heavy atom. The number of hydrogen-bond donors (Lipinski definition) is 1. The highest BCUT2D eigenvalue weighted by Crippen LogP contribution is 2.25. The fourth-order valence-corrected chi connectivity index (χ4v) is 2.89. The zero-order valence-electron chi connectivity index (χ0n) is 16.5. The number of benzene rings is 1. The minimum Gasteiger partial charge on any atom is -0.491 e. The Morgan fingerprint density at radius 1 is 1.11 bits per heavy atom. The molecule has 0 aliphatic carbocycles. The van der Waals surface area contributed by atoms with Gasteiger partial charge in [0.2, 0.25) is 0 Å². The Labute approximate surface area is 167 Å². The first-order valence-corrected chi connectivity index (χ1v) is 10.2. The Balaban J connectivity index is 1.52. The van der Waals surface area contributed by atoms with E-state index in [2.05, 4.69) is 66.9 Å². The molecule has 27 heavy (non-hydrogen) atoms. The van der Waals surface area contributed by atoms with E-state index < -0.39 is 0 Å². The van der Waals surface area contributed by atoms with Gasteiger partial charge in [-0.25, -0.2) is 0 Å². The van der Waals surface area contributed by atoms with Crippen molar-refractivity contribution in [2.75, 3.05) is 32.9 Å². The van der Waals surface area contributed by atoms with Crippen LogP contribution in [0.5, 0.6) is 5.75 Å². The third-order valence-electron chi connectivity index (χ3n) is 3.52. The van der Waals surface area contributed by atoms with Crippen molar-refractivity contribution in [1.29, 1.82) is 0 Å². The highest BCUT2D eigenvalue weighted by atomic mass is 32.1. The molecular formula is C23H29NO2S. The molecule has 4 heteroatoms. The molecule has 2 aromatic rings. The molecule has 0 radical (unpaired) electrons. The normalized spacial score (nSPS) is 11.4. The number of ether oxygens (including phenoxy) is 2. The molecule has 0 atom stereocenters. The summed E-state index contributed by atoms with van der Waals surface area (Å²) in [5.41, 5.74) is 2.46. The van der Waals surface area contributed by atoms with Crippen LogP contribution in [0, 0.1) is 17.3 Å². The van der Waals surface area contributed by atoms with Crippen LogP contribution in [0.1, 0.15) is 20.8 Å². The van der Waals surface area contributed by atoms with Gasteiger partial charge >= 0.3 is 0 Å². The van der Waals surface area contributed by atoms with Gasteiger partial charge in [0.05, 0.1) is 13.2 Å². The maximum Gasteiger partial charge on any atom is 0.120 e. The predicted molar refractivity (Wildman–Crippen MR) is 115 cm³/mol. The van der Waals surface area contributed by atoms with E-state index in [1.165, 1.54) is 11.1 Å². The van der Waals surface area contributed by atoms with Crippen LogP contribution in [0.25, 0.3) is 11.1 Å². The molecule has 1 N–H and O–H groups in total. The number of thiophene rings is 1. The molecule has 0 spiro atoms. The third kappa shape index (κ3) is 9.44. The summed E-state index contributed by atoms with van der Waals surface area (Å²) in [7, 11) is 0. The highest BCUT2D eigenvalue weighted by Gasteiger charge is 2.02. The SMILES string of the molecule is CC(C)(C)C#C/C=C/CNCCOCCOc1cccc(-c2ccsc2)c1. The van der Waals surface area contributed by atoms with E-state index in [9.17, 15) is 0 Å². The van der Waals surface area contributed by atoms with Gasteiger partial charge in [-0.15, -0.1) is 0 Å². The van der Waals surface area contributed by atoms with Crippen molar-refractivity contribution < 1.29 is 9.47 Å². The fraction of sp³-hybridized carbons (Fsp3) is 0.391. The third-order valence-corrected chi connectivity index (χ3v) is 4.20. The maximum atomic E-state index is 5.78. The average Bonchev–Trinajstić information content (AvgIpc) is 3.17. The van der Waals surface area contributed by atoms with Crippen LogP contribution < -0.4 is 10.1 Å². The summed E-state index contributed by atoms with van der Waals surface area (Å²) in [6, 6.07) is 10.3. The van der Waals surface area contributed by atoms with Gasteiger partial charge in [-0.3, -0.25) is 0 Å². The first-order valence-electron chi connectivity index (χ1n) is 9.26. The summed E-state index contributed by atoms with van der Waals surface area (Å²) in [5.74, 6) is 7.10. The summed E-state index contributed by atoms with van der Waals surface area (Å²) in [6.07, 6.45) is 3.93. The van der Waals surface area contributed by atoms with Crippen molar-refractivity contribution in [2.24, 2.45) is 5.41 Å². The van der Waals surface area contributed by atoms with Crippen molar-refractivity contribution in [3.05, 3.63) is 53.2 Å². The van der Waals surface area contributed by atoms with Gasteiger partial charge in [0.15, 0.2) is 0 Å². The summed E-state index contributed by atoms with van der Waals surface area (Å²) < 4.78 is 11.4. The summed E-state index contributed by atoms with van der Waals surface area (Å²) >= 11 is 1.70.